The third-order valence-corrected chi connectivity index (χ3v) is 3.42. The monoisotopic (exact) mass is 313 g/mol. The number of aromatic nitrogens is 1. The Morgan fingerprint density at radius 3 is 2.64 bits per heavy atom. The van der Waals surface area contributed by atoms with Crippen molar-refractivity contribution in [3.05, 3.63) is 70.9 Å². The molecule has 1 aromatic heterocycles. The molecule has 4 nitrogen and oxygen atoms in total. The van der Waals surface area contributed by atoms with Gasteiger partial charge in [0, 0.05) is 10.4 Å². The number of halogens is 1. The minimum atomic E-state index is -1.13. The molecule has 0 bridgehead atoms. The minimum Gasteiger partial charge on any atom is -0.486 e. The van der Waals surface area contributed by atoms with Crippen LogP contribution in [0.4, 0.5) is 0 Å². The first-order valence-electron chi connectivity index (χ1n) is 6.64. The van der Waals surface area contributed by atoms with Crippen LogP contribution in [-0.4, -0.2) is 16.1 Å². The number of rotatable bonds is 4. The van der Waals surface area contributed by atoms with E-state index in [4.69, 9.17) is 16.3 Å². The predicted molar refractivity (Wildman–Crippen MR) is 84.5 cm³/mol. The SMILES string of the molecule is O=C(O)c1nc2ccc(Cl)cc2cc1OCc1ccccc1. The third kappa shape index (κ3) is 3.02. The van der Waals surface area contributed by atoms with E-state index in [1.165, 1.54) is 0 Å². The average Bonchev–Trinajstić information content (AvgIpc) is 2.52. The van der Waals surface area contributed by atoms with Crippen molar-refractivity contribution in [1.82, 2.24) is 4.98 Å². The number of carbonyl (C=O) groups is 1. The summed E-state index contributed by atoms with van der Waals surface area (Å²) in [5, 5.41) is 10.6. The molecule has 3 rings (SSSR count). The van der Waals surface area contributed by atoms with Crippen LogP contribution < -0.4 is 4.74 Å². The fourth-order valence-corrected chi connectivity index (χ4v) is 2.31. The van der Waals surface area contributed by atoms with Gasteiger partial charge in [0.1, 0.15) is 6.61 Å². The zero-order chi connectivity index (χ0) is 15.5. The number of benzene rings is 2. The van der Waals surface area contributed by atoms with Gasteiger partial charge < -0.3 is 9.84 Å². The second-order valence-corrected chi connectivity index (χ2v) is 5.19. The summed E-state index contributed by atoms with van der Waals surface area (Å²) in [6, 6.07) is 16.3. The molecule has 5 heteroatoms. The van der Waals surface area contributed by atoms with E-state index < -0.39 is 5.97 Å². The van der Waals surface area contributed by atoms with Gasteiger partial charge in [0.25, 0.3) is 0 Å². The summed E-state index contributed by atoms with van der Waals surface area (Å²) in [6.07, 6.45) is 0. The Kier molecular flexibility index (Phi) is 3.94. The Morgan fingerprint density at radius 1 is 1.14 bits per heavy atom. The Balaban J connectivity index is 1.98. The number of aromatic carboxylic acids is 1. The number of hydrogen-bond donors (Lipinski definition) is 1. The van der Waals surface area contributed by atoms with Crippen molar-refractivity contribution in [2.24, 2.45) is 0 Å². The minimum absolute atomic E-state index is 0.106. The first kappa shape index (κ1) is 14.4. The molecular weight excluding hydrogens is 302 g/mol. The normalized spacial score (nSPS) is 10.6. The fourth-order valence-electron chi connectivity index (χ4n) is 2.13. The molecule has 0 saturated heterocycles. The highest BCUT2D eigenvalue weighted by Crippen LogP contribution is 2.26. The van der Waals surface area contributed by atoms with E-state index >= 15 is 0 Å². The molecule has 0 radical (unpaired) electrons. The molecule has 0 fully saturated rings. The summed E-state index contributed by atoms with van der Waals surface area (Å²) in [5.74, 6) is -0.897. The van der Waals surface area contributed by atoms with Crippen LogP contribution in [0.15, 0.2) is 54.6 Å². The number of hydrogen-bond acceptors (Lipinski definition) is 3. The van der Waals surface area contributed by atoms with Crippen LogP contribution in [-0.2, 0) is 6.61 Å². The lowest BCUT2D eigenvalue weighted by atomic mass is 10.2. The molecule has 0 unspecified atom stereocenters. The smallest absolute Gasteiger partial charge is 0.358 e. The first-order valence-corrected chi connectivity index (χ1v) is 7.01. The van der Waals surface area contributed by atoms with Crippen LogP contribution >= 0.6 is 11.6 Å². The van der Waals surface area contributed by atoms with Gasteiger partial charge in [-0.3, -0.25) is 0 Å². The number of ether oxygens (including phenoxy) is 1. The van der Waals surface area contributed by atoms with Crippen LogP contribution in [0.5, 0.6) is 5.75 Å². The molecule has 110 valence electrons. The van der Waals surface area contributed by atoms with Crippen molar-refractivity contribution < 1.29 is 14.6 Å². The standard InChI is InChI=1S/C17H12ClNO3/c18-13-6-7-14-12(8-13)9-15(16(19-14)17(20)21)22-10-11-4-2-1-3-5-11/h1-9H,10H2,(H,20,21). The van der Waals surface area contributed by atoms with Gasteiger partial charge in [0.2, 0.25) is 0 Å². The summed E-state index contributed by atoms with van der Waals surface area (Å²) >= 11 is 5.96. The van der Waals surface area contributed by atoms with Crippen LogP contribution in [0, 0.1) is 0 Å². The van der Waals surface area contributed by atoms with E-state index in [-0.39, 0.29) is 18.1 Å². The summed E-state index contributed by atoms with van der Waals surface area (Å²) < 4.78 is 5.65. The van der Waals surface area contributed by atoms with Gasteiger partial charge in [-0.15, -0.1) is 0 Å². The fraction of sp³-hybridized carbons (Fsp3) is 0.0588. The van der Waals surface area contributed by atoms with Crippen LogP contribution in [0.25, 0.3) is 10.9 Å². The Morgan fingerprint density at radius 2 is 1.91 bits per heavy atom. The lowest BCUT2D eigenvalue weighted by molar-refractivity contribution is 0.0685. The Bertz CT molecular complexity index is 834. The maximum Gasteiger partial charge on any atom is 0.358 e. The van der Waals surface area contributed by atoms with Gasteiger partial charge in [0.05, 0.1) is 5.52 Å². The number of carboxylic acids is 1. The third-order valence-electron chi connectivity index (χ3n) is 3.18. The zero-order valence-corrected chi connectivity index (χ0v) is 12.2. The van der Waals surface area contributed by atoms with Gasteiger partial charge in [-0.25, -0.2) is 9.78 Å². The summed E-state index contributed by atoms with van der Waals surface area (Å²) in [6.45, 7) is 0.273. The molecule has 0 spiro atoms. The topological polar surface area (TPSA) is 59.4 Å². The van der Waals surface area contributed by atoms with Gasteiger partial charge in [0.15, 0.2) is 11.4 Å². The van der Waals surface area contributed by atoms with Crippen LogP contribution in [0.3, 0.4) is 0 Å². The van der Waals surface area contributed by atoms with E-state index in [2.05, 4.69) is 4.98 Å². The molecule has 0 atom stereocenters. The largest absolute Gasteiger partial charge is 0.486 e. The first-order chi connectivity index (χ1) is 10.6. The maximum atomic E-state index is 11.4. The molecule has 3 aromatic rings. The number of pyridine rings is 1. The van der Waals surface area contributed by atoms with Crippen molar-refractivity contribution in [3.63, 3.8) is 0 Å². The second kappa shape index (κ2) is 6.03. The van der Waals surface area contributed by atoms with Gasteiger partial charge >= 0.3 is 5.97 Å². The zero-order valence-electron chi connectivity index (χ0n) is 11.5. The molecule has 1 N–H and O–H groups in total. The highest BCUT2D eigenvalue weighted by molar-refractivity contribution is 6.31. The van der Waals surface area contributed by atoms with Crippen molar-refractivity contribution in [2.45, 2.75) is 6.61 Å². The molecule has 22 heavy (non-hydrogen) atoms. The Labute approximate surface area is 131 Å². The van der Waals surface area contributed by atoms with E-state index in [0.717, 1.165) is 10.9 Å². The lowest BCUT2D eigenvalue weighted by Gasteiger charge is -2.10. The van der Waals surface area contributed by atoms with Gasteiger partial charge in [-0.1, -0.05) is 41.9 Å². The molecule has 0 amide bonds. The summed E-state index contributed by atoms with van der Waals surface area (Å²) in [7, 11) is 0. The highest BCUT2D eigenvalue weighted by atomic mass is 35.5. The number of fused-ring (bicyclic) bond motifs is 1. The Hall–Kier alpha value is -2.59. The van der Waals surface area contributed by atoms with Crippen molar-refractivity contribution in [1.29, 1.82) is 0 Å². The van der Waals surface area contributed by atoms with Crippen molar-refractivity contribution >= 4 is 28.5 Å². The van der Waals surface area contributed by atoms with Gasteiger partial charge in [-0.05, 0) is 29.8 Å². The molecule has 0 aliphatic heterocycles. The number of nitrogens with zero attached hydrogens (tertiary/aromatic N) is 1. The molecule has 1 heterocycles. The molecular formula is C17H12ClNO3. The maximum absolute atomic E-state index is 11.4. The van der Waals surface area contributed by atoms with Crippen LogP contribution in [0.1, 0.15) is 16.1 Å². The molecule has 0 aliphatic carbocycles. The van der Waals surface area contributed by atoms with E-state index in [1.807, 2.05) is 30.3 Å². The van der Waals surface area contributed by atoms with Crippen molar-refractivity contribution in [3.8, 4) is 5.75 Å². The van der Waals surface area contributed by atoms with Crippen molar-refractivity contribution in [2.75, 3.05) is 0 Å². The second-order valence-electron chi connectivity index (χ2n) is 4.75. The highest BCUT2D eigenvalue weighted by Gasteiger charge is 2.15. The summed E-state index contributed by atoms with van der Waals surface area (Å²) in [4.78, 5) is 15.5. The van der Waals surface area contributed by atoms with Crippen LogP contribution in [0.2, 0.25) is 5.02 Å². The quantitative estimate of drug-likeness (QED) is 0.785. The summed E-state index contributed by atoms with van der Waals surface area (Å²) in [5.41, 5.74) is 1.41. The van der Waals surface area contributed by atoms with E-state index in [0.29, 0.717) is 10.5 Å². The average molecular weight is 314 g/mol. The molecule has 2 aromatic carbocycles. The predicted octanol–water partition coefficient (Wildman–Crippen LogP) is 4.17. The van der Waals surface area contributed by atoms with E-state index in [1.54, 1.807) is 24.3 Å². The van der Waals surface area contributed by atoms with E-state index in [9.17, 15) is 9.90 Å². The van der Waals surface area contributed by atoms with Gasteiger partial charge in [-0.2, -0.15) is 0 Å². The molecule has 0 saturated carbocycles. The number of carboxylic acid groups (broad SMARTS) is 1. The molecule has 0 aliphatic rings. The lowest BCUT2D eigenvalue weighted by Crippen LogP contribution is -2.06.